The van der Waals surface area contributed by atoms with Gasteiger partial charge < -0.3 is 0 Å². The summed E-state index contributed by atoms with van der Waals surface area (Å²) in [5.74, 6) is 0. The van der Waals surface area contributed by atoms with Gasteiger partial charge in [-0.2, -0.15) is 0 Å². The van der Waals surface area contributed by atoms with Gasteiger partial charge in [0.1, 0.15) is 0 Å². The Morgan fingerprint density at radius 3 is 2.40 bits per heavy atom. The highest BCUT2D eigenvalue weighted by molar-refractivity contribution is 9.10. The summed E-state index contributed by atoms with van der Waals surface area (Å²) in [7, 11) is 0. The molecule has 0 aliphatic rings. The first-order valence-electron chi connectivity index (χ1n) is 3.07. The fourth-order valence-corrected chi connectivity index (χ4v) is 1.45. The monoisotopic (exact) mass is 216 g/mol. The van der Waals surface area contributed by atoms with Crippen LogP contribution in [0.2, 0.25) is 0 Å². The van der Waals surface area contributed by atoms with E-state index >= 15 is 0 Å². The van der Waals surface area contributed by atoms with Crippen LogP contribution in [0.5, 0.6) is 0 Å². The second-order valence-corrected chi connectivity index (χ2v) is 3.64. The first kappa shape index (κ1) is 8.15. The van der Waals surface area contributed by atoms with Crippen LogP contribution in [0.4, 0.5) is 0 Å². The molecule has 0 unspecified atom stereocenters. The van der Waals surface area contributed by atoms with Crippen molar-refractivity contribution in [2.75, 3.05) is 0 Å². The molecule has 1 aromatic rings. The van der Waals surface area contributed by atoms with Crippen molar-refractivity contribution < 1.29 is 0 Å². The van der Waals surface area contributed by atoms with E-state index in [0.29, 0.717) is 0 Å². The second kappa shape index (κ2) is 2.97. The molecule has 0 radical (unpaired) electrons. The van der Waals surface area contributed by atoms with Crippen molar-refractivity contribution in [1.29, 1.82) is 0 Å². The molecule has 0 saturated heterocycles. The lowest BCUT2D eigenvalue weighted by Crippen LogP contribution is -1.82. The smallest absolute Gasteiger partial charge is 0.0311 e. The van der Waals surface area contributed by atoms with E-state index in [0.717, 1.165) is 9.37 Å². The Labute approximate surface area is 75.2 Å². The largest absolute Gasteiger partial charge is 0.142 e. The summed E-state index contributed by atoms with van der Waals surface area (Å²) in [5, 5.41) is 0. The maximum atomic E-state index is 4.33. The lowest BCUT2D eigenvalue weighted by molar-refractivity contribution is 1.21. The highest BCUT2D eigenvalue weighted by Gasteiger charge is 1.99. The standard InChI is InChI=1S/C8H9BrS/c1-5-3-4-7(9)8(10)6(5)2/h3-4,10H,1-2H3. The van der Waals surface area contributed by atoms with Gasteiger partial charge in [-0.3, -0.25) is 0 Å². The number of thiol groups is 1. The predicted octanol–water partition coefficient (Wildman–Crippen LogP) is 3.35. The molecule has 0 atom stereocenters. The van der Waals surface area contributed by atoms with E-state index in [2.05, 4.69) is 48.5 Å². The zero-order valence-electron chi connectivity index (χ0n) is 5.98. The molecule has 0 N–H and O–H groups in total. The van der Waals surface area contributed by atoms with Crippen LogP contribution in [0.15, 0.2) is 21.5 Å². The molecule has 54 valence electrons. The SMILES string of the molecule is Cc1ccc(Br)c(S)c1C. The number of rotatable bonds is 0. The fraction of sp³-hybridized carbons (Fsp3) is 0.250. The molecule has 0 heterocycles. The van der Waals surface area contributed by atoms with Gasteiger partial charge in [-0.05, 0) is 47.0 Å². The minimum Gasteiger partial charge on any atom is -0.142 e. The Balaban J connectivity index is 3.34. The fourth-order valence-electron chi connectivity index (χ4n) is 0.768. The highest BCUT2D eigenvalue weighted by atomic mass is 79.9. The third-order valence-corrected chi connectivity index (χ3v) is 3.20. The van der Waals surface area contributed by atoms with Crippen LogP contribution in [-0.4, -0.2) is 0 Å². The van der Waals surface area contributed by atoms with E-state index in [1.54, 1.807) is 0 Å². The molecule has 0 aliphatic carbocycles. The molecule has 0 saturated carbocycles. The maximum Gasteiger partial charge on any atom is 0.0311 e. The first-order chi connectivity index (χ1) is 4.63. The number of halogens is 1. The molecule has 2 heteroatoms. The summed E-state index contributed by atoms with van der Waals surface area (Å²) in [6.45, 7) is 4.16. The summed E-state index contributed by atoms with van der Waals surface area (Å²) < 4.78 is 1.07. The average molecular weight is 217 g/mol. The third kappa shape index (κ3) is 1.38. The van der Waals surface area contributed by atoms with Crippen molar-refractivity contribution in [3.05, 3.63) is 27.7 Å². The zero-order chi connectivity index (χ0) is 7.72. The van der Waals surface area contributed by atoms with Gasteiger partial charge in [0, 0.05) is 9.37 Å². The lowest BCUT2D eigenvalue weighted by atomic mass is 10.1. The molecule has 0 amide bonds. The zero-order valence-corrected chi connectivity index (χ0v) is 8.46. The van der Waals surface area contributed by atoms with E-state index in [4.69, 9.17) is 0 Å². The first-order valence-corrected chi connectivity index (χ1v) is 4.31. The minimum atomic E-state index is 1.04. The van der Waals surface area contributed by atoms with Crippen LogP contribution >= 0.6 is 28.6 Å². The van der Waals surface area contributed by atoms with Gasteiger partial charge in [0.05, 0.1) is 0 Å². The Bertz CT molecular complexity index is 229. The van der Waals surface area contributed by atoms with Gasteiger partial charge >= 0.3 is 0 Å². The van der Waals surface area contributed by atoms with E-state index in [1.165, 1.54) is 11.1 Å². The summed E-state index contributed by atoms with van der Waals surface area (Å²) in [4.78, 5) is 1.04. The summed E-state index contributed by atoms with van der Waals surface area (Å²) in [6.07, 6.45) is 0. The quantitative estimate of drug-likeness (QED) is 0.633. The van der Waals surface area contributed by atoms with Crippen LogP contribution in [0.1, 0.15) is 11.1 Å². The molecule has 0 fully saturated rings. The van der Waals surface area contributed by atoms with Crippen molar-refractivity contribution in [3.8, 4) is 0 Å². The number of hydrogen-bond acceptors (Lipinski definition) is 1. The van der Waals surface area contributed by atoms with Crippen molar-refractivity contribution in [3.63, 3.8) is 0 Å². The number of benzene rings is 1. The highest BCUT2D eigenvalue weighted by Crippen LogP contribution is 2.25. The summed E-state index contributed by atoms with van der Waals surface area (Å²) in [6, 6.07) is 4.10. The van der Waals surface area contributed by atoms with Gasteiger partial charge in [0.2, 0.25) is 0 Å². The van der Waals surface area contributed by atoms with Gasteiger partial charge in [-0.25, -0.2) is 0 Å². The van der Waals surface area contributed by atoms with Gasteiger partial charge in [-0.1, -0.05) is 6.07 Å². The molecule has 1 aromatic carbocycles. The van der Waals surface area contributed by atoms with E-state index < -0.39 is 0 Å². The lowest BCUT2D eigenvalue weighted by Gasteiger charge is -2.03. The van der Waals surface area contributed by atoms with Crippen LogP contribution in [0.3, 0.4) is 0 Å². The van der Waals surface area contributed by atoms with Crippen LogP contribution in [-0.2, 0) is 0 Å². The molecule has 10 heavy (non-hydrogen) atoms. The normalized spacial score (nSPS) is 10.0. The van der Waals surface area contributed by atoms with Gasteiger partial charge in [0.25, 0.3) is 0 Å². The Morgan fingerprint density at radius 2 is 1.90 bits per heavy atom. The van der Waals surface area contributed by atoms with Crippen molar-refractivity contribution in [1.82, 2.24) is 0 Å². The molecule has 0 nitrogen and oxygen atoms in total. The Kier molecular flexibility index (Phi) is 2.42. The summed E-state index contributed by atoms with van der Waals surface area (Å²) in [5.41, 5.74) is 2.53. The number of hydrogen-bond donors (Lipinski definition) is 1. The average Bonchev–Trinajstić information content (AvgIpc) is 1.93. The number of aryl methyl sites for hydroxylation is 1. The second-order valence-electron chi connectivity index (χ2n) is 2.34. The van der Waals surface area contributed by atoms with Crippen molar-refractivity contribution in [2.45, 2.75) is 18.7 Å². The Morgan fingerprint density at radius 1 is 1.30 bits per heavy atom. The van der Waals surface area contributed by atoms with Crippen LogP contribution in [0.25, 0.3) is 0 Å². The molecular weight excluding hydrogens is 208 g/mol. The van der Waals surface area contributed by atoms with Crippen LogP contribution in [0, 0.1) is 13.8 Å². The molecule has 0 aromatic heterocycles. The van der Waals surface area contributed by atoms with Gasteiger partial charge in [0.15, 0.2) is 0 Å². The predicted molar refractivity (Wildman–Crippen MR) is 50.9 cm³/mol. The minimum absolute atomic E-state index is 1.04. The Hall–Kier alpha value is 0.0500. The van der Waals surface area contributed by atoms with Crippen LogP contribution < -0.4 is 0 Å². The topological polar surface area (TPSA) is 0 Å². The molecule has 0 spiro atoms. The molecule has 0 aliphatic heterocycles. The molecular formula is C8H9BrS. The van der Waals surface area contributed by atoms with Gasteiger partial charge in [-0.15, -0.1) is 12.6 Å². The summed E-state index contributed by atoms with van der Waals surface area (Å²) >= 11 is 7.74. The molecule has 0 bridgehead atoms. The van der Waals surface area contributed by atoms with Crippen molar-refractivity contribution in [2.24, 2.45) is 0 Å². The van der Waals surface area contributed by atoms with Crippen molar-refractivity contribution >= 4 is 28.6 Å². The third-order valence-electron chi connectivity index (χ3n) is 1.65. The van der Waals surface area contributed by atoms with E-state index in [9.17, 15) is 0 Å². The van der Waals surface area contributed by atoms with E-state index in [-0.39, 0.29) is 0 Å². The molecule has 1 rings (SSSR count). The van der Waals surface area contributed by atoms with E-state index in [1.807, 2.05) is 6.07 Å². The maximum absolute atomic E-state index is 4.33.